The number of rotatable bonds is 5. The van der Waals surface area contributed by atoms with E-state index in [-0.39, 0.29) is 0 Å². The minimum Gasteiger partial charge on any atom is -0.389 e. The molecular formula is C18H35NO. The number of hydrogen-bond donors (Lipinski definition) is 2. The summed E-state index contributed by atoms with van der Waals surface area (Å²) in [5.74, 6) is 2.55. The smallest absolute Gasteiger partial charge is 0.0771 e. The van der Waals surface area contributed by atoms with Gasteiger partial charge >= 0.3 is 0 Å². The second kappa shape index (κ2) is 7.26. The predicted octanol–water partition coefficient (Wildman–Crippen LogP) is 4.12. The van der Waals surface area contributed by atoms with E-state index in [0.717, 1.165) is 37.1 Å². The summed E-state index contributed by atoms with van der Waals surface area (Å²) in [6, 6.07) is 0.643. The molecule has 2 saturated carbocycles. The van der Waals surface area contributed by atoms with Crippen LogP contribution in [0.4, 0.5) is 0 Å². The molecule has 2 aliphatic carbocycles. The van der Waals surface area contributed by atoms with Gasteiger partial charge in [0, 0.05) is 12.6 Å². The van der Waals surface area contributed by atoms with Crippen LogP contribution in [-0.4, -0.2) is 23.3 Å². The monoisotopic (exact) mass is 281 g/mol. The van der Waals surface area contributed by atoms with Crippen molar-refractivity contribution in [2.24, 2.45) is 17.8 Å². The third kappa shape index (κ3) is 4.46. The second-order valence-electron chi connectivity index (χ2n) is 7.82. The fraction of sp³-hybridized carbons (Fsp3) is 1.00. The van der Waals surface area contributed by atoms with Crippen molar-refractivity contribution in [2.75, 3.05) is 6.54 Å². The van der Waals surface area contributed by atoms with E-state index in [0.29, 0.717) is 6.04 Å². The molecule has 2 atom stereocenters. The van der Waals surface area contributed by atoms with Gasteiger partial charge in [0.05, 0.1) is 5.60 Å². The quantitative estimate of drug-likeness (QED) is 0.794. The van der Waals surface area contributed by atoms with Crippen molar-refractivity contribution in [3.05, 3.63) is 0 Å². The van der Waals surface area contributed by atoms with Crippen molar-refractivity contribution in [2.45, 2.75) is 90.2 Å². The molecule has 0 bridgehead atoms. The van der Waals surface area contributed by atoms with Crippen LogP contribution in [0.5, 0.6) is 0 Å². The van der Waals surface area contributed by atoms with Gasteiger partial charge in [0.15, 0.2) is 0 Å². The molecule has 0 heterocycles. The summed E-state index contributed by atoms with van der Waals surface area (Å²) in [5, 5.41) is 14.4. The molecular weight excluding hydrogens is 246 g/mol. The first-order valence-electron chi connectivity index (χ1n) is 8.98. The highest BCUT2D eigenvalue weighted by molar-refractivity contribution is 4.89. The zero-order chi connectivity index (χ0) is 14.6. The summed E-state index contributed by atoms with van der Waals surface area (Å²) in [5.41, 5.74) is -0.420. The van der Waals surface area contributed by atoms with Gasteiger partial charge in [-0.15, -0.1) is 0 Å². The minimum atomic E-state index is -0.420. The van der Waals surface area contributed by atoms with Crippen LogP contribution < -0.4 is 5.32 Å². The predicted molar refractivity (Wildman–Crippen MR) is 85.8 cm³/mol. The van der Waals surface area contributed by atoms with Gasteiger partial charge in [0.1, 0.15) is 0 Å². The Kier molecular flexibility index (Phi) is 5.92. The van der Waals surface area contributed by atoms with Crippen molar-refractivity contribution in [3.8, 4) is 0 Å². The molecule has 20 heavy (non-hydrogen) atoms. The van der Waals surface area contributed by atoms with E-state index in [1.165, 1.54) is 44.9 Å². The standard InChI is InChI=1S/C18H35NO/c1-4-15-8-10-18(20,11-9-15)13-19-17-7-5-6-16(12-17)14(2)3/h14-17,19-20H,4-13H2,1-3H3. The molecule has 0 spiro atoms. The lowest BCUT2D eigenvalue weighted by molar-refractivity contribution is -0.0123. The molecule has 0 amide bonds. The van der Waals surface area contributed by atoms with Crippen LogP contribution in [0.15, 0.2) is 0 Å². The zero-order valence-electron chi connectivity index (χ0n) is 13.8. The van der Waals surface area contributed by atoms with Gasteiger partial charge in [0.2, 0.25) is 0 Å². The Hall–Kier alpha value is -0.0800. The van der Waals surface area contributed by atoms with Gasteiger partial charge in [-0.25, -0.2) is 0 Å². The second-order valence-corrected chi connectivity index (χ2v) is 7.82. The highest BCUT2D eigenvalue weighted by Gasteiger charge is 2.33. The topological polar surface area (TPSA) is 32.3 Å². The maximum absolute atomic E-state index is 10.7. The molecule has 2 heteroatoms. The average molecular weight is 281 g/mol. The van der Waals surface area contributed by atoms with Gasteiger partial charge in [-0.1, -0.05) is 40.0 Å². The Labute approximate surface area is 125 Å². The lowest BCUT2D eigenvalue weighted by atomic mass is 9.76. The van der Waals surface area contributed by atoms with Crippen LogP contribution in [0.2, 0.25) is 0 Å². The number of nitrogens with one attached hydrogen (secondary N) is 1. The fourth-order valence-electron chi connectivity index (χ4n) is 4.15. The lowest BCUT2D eigenvalue weighted by Gasteiger charge is -2.39. The molecule has 118 valence electrons. The lowest BCUT2D eigenvalue weighted by Crippen LogP contribution is -2.47. The van der Waals surface area contributed by atoms with Crippen molar-refractivity contribution in [3.63, 3.8) is 0 Å². The van der Waals surface area contributed by atoms with E-state index in [1.807, 2.05) is 0 Å². The molecule has 0 saturated heterocycles. The summed E-state index contributed by atoms with van der Waals surface area (Å²) >= 11 is 0. The van der Waals surface area contributed by atoms with Crippen molar-refractivity contribution in [1.82, 2.24) is 5.32 Å². The van der Waals surface area contributed by atoms with Crippen molar-refractivity contribution in [1.29, 1.82) is 0 Å². The Bertz CT molecular complexity index is 281. The maximum Gasteiger partial charge on any atom is 0.0771 e. The molecule has 0 aromatic rings. The molecule has 0 aromatic carbocycles. The molecule has 2 fully saturated rings. The normalized spacial score (nSPS) is 39.1. The molecule has 2 unspecified atom stereocenters. The third-order valence-electron chi connectivity index (χ3n) is 5.99. The van der Waals surface area contributed by atoms with Gasteiger partial charge in [-0.2, -0.15) is 0 Å². The van der Waals surface area contributed by atoms with E-state index in [2.05, 4.69) is 26.1 Å². The average Bonchev–Trinajstić information content (AvgIpc) is 2.46. The summed E-state index contributed by atoms with van der Waals surface area (Å²) in [4.78, 5) is 0. The first-order valence-corrected chi connectivity index (χ1v) is 8.98. The molecule has 2 rings (SSSR count). The van der Waals surface area contributed by atoms with E-state index in [1.54, 1.807) is 0 Å². The maximum atomic E-state index is 10.7. The van der Waals surface area contributed by atoms with Crippen LogP contribution >= 0.6 is 0 Å². The molecule has 0 radical (unpaired) electrons. The first-order chi connectivity index (χ1) is 9.52. The molecule has 0 aliphatic heterocycles. The Morgan fingerprint density at radius 3 is 2.45 bits per heavy atom. The van der Waals surface area contributed by atoms with E-state index in [4.69, 9.17) is 0 Å². The van der Waals surface area contributed by atoms with Gasteiger partial charge in [-0.3, -0.25) is 0 Å². The van der Waals surface area contributed by atoms with E-state index in [9.17, 15) is 5.11 Å². The van der Waals surface area contributed by atoms with Crippen LogP contribution in [0.3, 0.4) is 0 Å². The minimum absolute atomic E-state index is 0.420. The van der Waals surface area contributed by atoms with Crippen LogP contribution in [0.1, 0.15) is 78.6 Å². The van der Waals surface area contributed by atoms with Gasteiger partial charge in [0.25, 0.3) is 0 Å². The summed E-state index contributed by atoms with van der Waals surface area (Å²) in [7, 11) is 0. The summed E-state index contributed by atoms with van der Waals surface area (Å²) < 4.78 is 0. The van der Waals surface area contributed by atoms with Gasteiger partial charge < -0.3 is 10.4 Å². The largest absolute Gasteiger partial charge is 0.389 e. The van der Waals surface area contributed by atoms with Crippen molar-refractivity contribution < 1.29 is 5.11 Å². The van der Waals surface area contributed by atoms with Crippen molar-refractivity contribution >= 4 is 0 Å². The molecule has 2 aliphatic rings. The third-order valence-corrected chi connectivity index (χ3v) is 5.99. The number of hydrogen-bond acceptors (Lipinski definition) is 2. The Morgan fingerprint density at radius 1 is 1.15 bits per heavy atom. The Morgan fingerprint density at radius 2 is 1.85 bits per heavy atom. The highest BCUT2D eigenvalue weighted by Crippen LogP contribution is 2.34. The van der Waals surface area contributed by atoms with Crippen LogP contribution in [0, 0.1) is 17.8 Å². The fourth-order valence-corrected chi connectivity index (χ4v) is 4.15. The highest BCUT2D eigenvalue weighted by atomic mass is 16.3. The summed E-state index contributed by atoms with van der Waals surface area (Å²) in [6.07, 6.45) is 11.1. The SMILES string of the molecule is CCC1CCC(O)(CNC2CCCC(C(C)C)C2)CC1. The Balaban J connectivity index is 1.74. The van der Waals surface area contributed by atoms with E-state index < -0.39 is 5.60 Å². The van der Waals surface area contributed by atoms with Crippen LogP contribution in [0.25, 0.3) is 0 Å². The van der Waals surface area contributed by atoms with E-state index >= 15 is 0 Å². The first kappa shape index (κ1) is 16.3. The van der Waals surface area contributed by atoms with Crippen LogP contribution in [-0.2, 0) is 0 Å². The van der Waals surface area contributed by atoms with Gasteiger partial charge in [-0.05, 0) is 56.3 Å². The zero-order valence-corrected chi connectivity index (χ0v) is 13.8. The molecule has 2 N–H and O–H groups in total. The molecule has 0 aromatic heterocycles. The number of aliphatic hydroxyl groups is 1. The summed E-state index contributed by atoms with van der Waals surface area (Å²) in [6.45, 7) is 7.81. The molecule has 2 nitrogen and oxygen atoms in total.